The summed E-state index contributed by atoms with van der Waals surface area (Å²) in [6.07, 6.45) is 45.7. The van der Waals surface area contributed by atoms with E-state index in [9.17, 15) is 19.0 Å². The van der Waals surface area contributed by atoms with Crippen molar-refractivity contribution in [2.45, 2.75) is 174 Å². The minimum absolute atomic E-state index is 0.0193. The number of phosphoric acid groups is 1. The minimum Gasteiger partial charge on any atom is -0.462 e. The van der Waals surface area contributed by atoms with Crippen LogP contribution in [0.5, 0.6) is 0 Å². The maximum atomic E-state index is 12.6. The normalized spacial score (nSPS) is 14.2. The third-order valence-electron chi connectivity index (χ3n) is 9.02. The average Bonchev–Trinajstić information content (AvgIpc) is 3.15. The van der Waals surface area contributed by atoms with Crippen LogP contribution in [0.4, 0.5) is 0 Å². The number of nitrogens with zero attached hydrogens (tertiary/aromatic N) is 1. The molecule has 0 spiro atoms. The highest BCUT2D eigenvalue weighted by molar-refractivity contribution is 7.47. The molecule has 0 aliphatic heterocycles. The van der Waals surface area contributed by atoms with E-state index in [-0.39, 0.29) is 26.1 Å². The van der Waals surface area contributed by atoms with Crippen molar-refractivity contribution in [2.75, 3.05) is 47.5 Å². The second kappa shape index (κ2) is 38.2. The smallest absolute Gasteiger partial charge is 0.462 e. The standard InChI is InChI=1S/C46H82NO8P/c1-6-8-10-12-14-16-18-19-20-21-22-23-24-25-26-27-29-30-32-34-36-38-45(48)52-42-44(43-54-56(50,51)53-41-40-47(3,4)5)55-46(49)39-37-35-33-31-28-17-15-13-11-9-7-2/h13,15,20-21,23-24,26-27,30,32,44H,6-12,14,16-19,22,25,28-29,31,33-43H2,1-5H3/p+1/b15-13+,21-20+,24-23+,27-26+,32-30+/t44-/m0/s1. The molecular formula is C46H83NO8P+. The number of ether oxygens (including phenoxy) is 2. The maximum absolute atomic E-state index is 12.6. The van der Waals surface area contributed by atoms with Crippen molar-refractivity contribution >= 4 is 19.8 Å². The van der Waals surface area contributed by atoms with Gasteiger partial charge in [0.1, 0.15) is 19.8 Å². The third-order valence-corrected chi connectivity index (χ3v) is 10.0. The van der Waals surface area contributed by atoms with Gasteiger partial charge >= 0.3 is 19.8 Å². The lowest BCUT2D eigenvalue weighted by Crippen LogP contribution is -2.37. The van der Waals surface area contributed by atoms with Crippen molar-refractivity contribution < 1.29 is 42.1 Å². The van der Waals surface area contributed by atoms with Gasteiger partial charge in [-0.1, -0.05) is 145 Å². The van der Waals surface area contributed by atoms with E-state index in [0.29, 0.717) is 23.9 Å². The maximum Gasteiger partial charge on any atom is 0.472 e. The fourth-order valence-electron chi connectivity index (χ4n) is 5.52. The van der Waals surface area contributed by atoms with E-state index in [1.807, 2.05) is 21.1 Å². The molecule has 56 heavy (non-hydrogen) atoms. The number of rotatable bonds is 39. The SMILES string of the molecule is CCCC/C=C/CCCCCCCC(=O)O[C@@H](COC(=O)CCC/C=C/C/C=C/C/C=C/C/C=C/CCCCCCCCC)COP(=O)(O)OCC[N+](C)(C)C. The molecule has 0 saturated carbocycles. The number of allylic oxidation sites excluding steroid dienone is 10. The van der Waals surface area contributed by atoms with Crippen molar-refractivity contribution in [3.8, 4) is 0 Å². The Kier molecular flexibility index (Phi) is 36.7. The van der Waals surface area contributed by atoms with Gasteiger partial charge in [0.25, 0.3) is 0 Å². The zero-order valence-corrected chi connectivity index (χ0v) is 37.2. The Morgan fingerprint density at radius 3 is 1.55 bits per heavy atom. The first-order chi connectivity index (χ1) is 27.0. The quantitative estimate of drug-likeness (QED) is 0.0215. The Bertz CT molecular complexity index is 1140. The van der Waals surface area contributed by atoms with Crippen LogP contribution in [-0.2, 0) is 32.7 Å². The highest BCUT2D eigenvalue weighted by Gasteiger charge is 2.27. The van der Waals surface area contributed by atoms with Crippen LogP contribution in [0.15, 0.2) is 60.8 Å². The second-order valence-electron chi connectivity index (χ2n) is 15.7. The third kappa shape index (κ3) is 41.3. The number of hydrogen-bond acceptors (Lipinski definition) is 7. The molecule has 1 N–H and O–H groups in total. The first-order valence-electron chi connectivity index (χ1n) is 22.0. The topological polar surface area (TPSA) is 108 Å². The summed E-state index contributed by atoms with van der Waals surface area (Å²) in [4.78, 5) is 35.3. The summed E-state index contributed by atoms with van der Waals surface area (Å²) in [5.74, 6) is -0.880. The van der Waals surface area contributed by atoms with Gasteiger partial charge in [0.15, 0.2) is 6.10 Å². The number of esters is 2. The summed E-state index contributed by atoms with van der Waals surface area (Å²) in [7, 11) is 1.43. The number of phosphoric ester groups is 1. The molecule has 0 aromatic carbocycles. The summed E-state index contributed by atoms with van der Waals surface area (Å²) in [6, 6.07) is 0. The molecule has 0 heterocycles. The molecule has 10 heteroatoms. The van der Waals surface area contributed by atoms with Crippen molar-refractivity contribution in [1.82, 2.24) is 0 Å². The number of unbranched alkanes of at least 4 members (excludes halogenated alkanes) is 15. The van der Waals surface area contributed by atoms with Gasteiger partial charge in [-0.15, -0.1) is 0 Å². The zero-order valence-electron chi connectivity index (χ0n) is 36.3. The highest BCUT2D eigenvalue weighted by atomic mass is 31.2. The van der Waals surface area contributed by atoms with E-state index in [1.54, 1.807) is 0 Å². The van der Waals surface area contributed by atoms with E-state index in [4.69, 9.17) is 18.5 Å². The molecule has 0 aliphatic carbocycles. The summed E-state index contributed by atoms with van der Waals surface area (Å²) in [5.41, 5.74) is 0. The Balaban J connectivity index is 4.42. The largest absolute Gasteiger partial charge is 0.472 e. The summed E-state index contributed by atoms with van der Waals surface area (Å²) in [6.45, 7) is 4.29. The molecular weight excluding hydrogens is 725 g/mol. The van der Waals surface area contributed by atoms with Gasteiger partial charge in [-0.25, -0.2) is 4.57 Å². The van der Waals surface area contributed by atoms with Crippen LogP contribution in [0, 0.1) is 0 Å². The van der Waals surface area contributed by atoms with Gasteiger partial charge in [-0.05, 0) is 70.6 Å². The van der Waals surface area contributed by atoms with Gasteiger partial charge in [-0.3, -0.25) is 18.6 Å². The molecule has 0 saturated heterocycles. The van der Waals surface area contributed by atoms with Crippen molar-refractivity contribution in [3.63, 3.8) is 0 Å². The van der Waals surface area contributed by atoms with Crippen molar-refractivity contribution in [3.05, 3.63) is 60.8 Å². The Morgan fingerprint density at radius 2 is 1.00 bits per heavy atom. The summed E-state index contributed by atoms with van der Waals surface area (Å²) < 4.78 is 34.2. The molecule has 2 atom stereocenters. The minimum atomic E-state index is -4.39. The van der Waals surface area contributed by atoms with Crippen LogP contribution < -0.4 is 0 Å². The molecule has 0 aromatic heterocycles. The van der Waals surface area contributed by atoms with E-state index in [1.165, 1.54) is 64.2 Å². The van der Waals surface area contributed by atoms with Crippen molar-refractivity contribution in [2.24, 2.45) is 0 Å². The number of likely N-dealkylation sites (N-methyl/N-ethyl adjacent to an activating group) is 1. The summed E-state index contributed by atoms with van der Waals surface area (Å²) in [5, 5.41) is 0. The van der Waals surface area contributed by atoms with Crippen molar-refractivity contribution in [1.29, 1.82) is 0 Å². The lowest BCUT2D eigenvalue weighted by atomic mass is 10.1. The number of hydrogen-bond donors (Lipinski definition) is 1. The molecule has 0 aliphatic rings. The van der Waals surface area contributed by atoms with Gasteiger partial charge in [0, 0.05) is 12.8 Å². The number of carbonyl (C=O) groups is 2. The van der Waals surface area contributed by atoms with Crippen LogP contribution in [0.2, 0.25) is 0 Å². The highest BCUT2D eigenvalue weighted by Crippen LogP contribution is 2.43. The predicted octanol–water partition coefficient (Wildman–Crippen LogP) is 12.5. The monoisotopic (exact) mass is 809 g/mol. The average molecular weight is 809 g/mol. The molecule has 0 aromatic rings. The van der Waals surface area contributed by atoms with E-state index in [2.05, 4.69) is 74.6 Å². The Hall–Kier alpha value is -2.29. The molecule has 0 rings (SSSR count). The second-order valence-corrected chi connectivity index (χ2v) is 17.2. The molecule has 1 unspecified atom stereocenters. The fourth-order valence-corrected chi connectivity index (χ4v) is 6.26. The molecule has 0 fully saturated rings. The molecule has 0 bridgehead atoms. The van der Waals surface area contributed by atoms with E-state index < -0.39 is 32.5 Å². The Labute approximate surface area is 343 Å². The zero-order chi connectivity index (χ0) is 41.4. The Morgan fingerprint density at radius 1 is 0.554 bits per heavy atom. The van der Waals surface area contributed by atoms with E-state index in [0.717, 1.165) is 64.2 Å². The van der Waals surface area contributed by atoms with Crippen LogP contribution in [0.1, 0.15) is 168 Å². The predicted molar refractivity (Wildman–Crippen MR) is 233 cm³/mol. The van der Waals surface area contributed by atoms with Gasteiger partial charge in [0.05, 0.1) is 27.7 Å². The number of carbonyl (C=O) groups excluding carboxylic acids is 2. The van der Waals surface area contributed by atoms with Crippen LogP contribution in [0.3, 0.4) is 0 Å². The molecule has 0 amide bonds. The molecule has 0 radical (unpaired) electrons. The lowest BCUT2D eigenvalue weighted by Gasteiger charge is -2.24. The first kappa shape index (κ1) is 53.7. The first-order valence-corrected chi connectivity index (χ1v) is 23.5. The van der Waals surface area contributed by atoms with E-state index >= 15 is 0 Å². The molecule has 324 valence electrons. The van der Waals surface area contributed by atoms with Crippen LogP contribution in [-0.4, -0.2) is 74.9 Å². The van der Waals surface area contributed by atoms with Crippen LogP contribution in [0.25, 0.3) is 0 Å². The molecule has 9 nitrogen and oxygen atoms in total. The number of quaternary nitrogens is 1. The summed E-state index contributed by atoms with van der Waals surface area (Å²) >= 11 is 0. The van der Waals surface area contributed by atoms with Gasteiger partial charge in [-0.2, -0.15) is 0 Å². The lowest BCUT2D eigenvalue weighted by molar-refractivity contribution is -0.870. The van der Waals surface area contributed by atoms with Gasteiger partial charge in [0.2, 0.25) is 0 Å². The van der Waals surface area contributed by atoms with Gasteiger partial charge < -0.3 is 18.9 Å². The fraction of sp³-hybridized carbons (Fsp3) is 0.739. The van der Waals surface area contributed by atoms with Crippen LogP contribution >= 0.6 is 7.82 Å².